The summed E-state index contributed by atoms with van der Waals surface area (Å²) < 4.78 is 51.3. The van der Waals surface area contributed by atoms with Crippen molar-refractivity contribution in [1.29, 1.82) is 0 Å². The summed E-state index contributed by atoms with van der Waals surface area (Å²) in [6, 6.07) is 18.9. The predicted molar refractivity (Wildman–Crippen MR) is 141 cm³/mol. The number of carbonyl (C=O) groups is 2. The van der Waals surface area contributed by atoms with Gasteiger partial charge < -0.3 is 20.3 Å². The van der Waals surface area contributed by atoms with Crippen molar-refractivity contribution in [3.8, 4) is 11.1 Å². The van der Waals surface area contributed by atoms with Crippen LogP contribution in [-0.2, 0) is 0 Å². The lowest BCUT2D eigenvalue weighted by atomic mass is 9.80. The molecular weight excluding hydrogens is 622 g/mol. The van der Waals surface area contributed by atoms with Crippen LogP contribution in [0.5, 0.6) is 0 Å². The van der Waals surface area contributed by atoms with E-state index in [0.29, 0.717) is 16.7 Å². The van der Waals surface area contributed by atoms with E-state index in [4.69, 9.17) is 20.3 Å². The molecule has 0 spiro atoms. The van der Waals surface area contributed by atoms with E-state index in [-0.39, 0.29) is 11.0 Å². The maximum absolute atomic E-state index is 13.0. The van der Waals surface area contributed by atoms with Crippen molar-refractivity contribution >= 4 is 47.1 Å². The van der Waals surface area contributed by atoms with Crippen LogP contribution in [0.2, 0.25) is 0 Å². The van der Waals surface area contributed by atoms with Crippen molar-refractivity contribution < 1.29 is 47.4 Å². The fourth-order valence-electron chi connectivity index (χ4n) is 2.75. The number of hydrogen-bond acceptors (Lipinski definition) is 4. The van der Waals surface area contributed by atoms with Gasteiger partial charge in [0.1, 0.15) is 0 Å². The minimum Gasteiger partial charge on any atom is -0.478 e. The minimum atomic E-state index is -1.76. The lowest BCUT2D eigenvalue weighted by Crippen LogP contribution is -2.30. The van der Waals surface area contributed by atoms with Gasteiger partial charge in [-0.25, -0.2) is 27.2 Å². The van der Waals surface area contributed by atoms with E-state index in [0.717, 1.165) is 33.9 Å². The Hall–Kier alpha value is -3.75. The maximum atomic E-state index is 13.0. The first-order valence-electron chi connectivity index (χ1n) is 10.5. The third kappa shape index (κ3) is 9.28. The van der Waals surface area contributed by atoms with Gasteiger partial charge in [-0.3, -0.25) is 0 Å². The summed E-state index contributed by atoms with van der Waals surface area (Å²) in [6.45, 7) is 0. The van der Waals surface area contributed by atoms with E-state index in [1.807, 2.05) is 0 Å². The Balaban J connectivity index is 0.000000211. The van der Waals surface area contributed by atoms with Gasteiger partial charge in [0, 0.05) is 3.57 Å². The molecule has 0 unspecified atom stereocenters. The predicted octanol–water partition coefficient (Wildman–Crippen LogP) is 4.96. The van der Waals surface area contributed by atoms with Crippen LogP contribution in [-0.4, -0.2) is 39.3 Å². The van der Waals surface area contributed by atoms with E-state index in [1.54, 1.807) is 36.4 Å². The molecule has 0 saturated carbocycles. The Morgan fingerprint density at radius 1 is 0.579 bits per heavy atom. The summed E-state index contributed by atoms with van der Waals surface area (Å²) in [5.41, 5.74) is 1.55. The van der Waals surface area contributed by atoms with Crippen LogP contribution in [0, 0.1) is 26.8 Å². The third-order valence-electron chi connectivity index (χ3n) is 4.72. The van der Waals surface area contributed by atoms with E-state index >= 15 is 0 Å². The lowest BCUT2D eigenvalue weighted by molar-refractivity contribution is 0.0686. The monoisotopic (exact) mass is 640 g/mol. The van der Waals surface area contributed by atoms with Crippen LogP contribution >= 0.6 is 22.6 Å². The second-order valence-electron chi connectivity index (χ2n) is 7.37. The molecule has 4 aromatic carbocycles. The fourth-order valence-corrected chi connectivity index (χ4v) is 3.11. The Morgan fingerprint density at radius 3 is 1.42 bits per heavy atom. The van der Waals surface area contributed by atoms with E-state index in [1.165, 1.54) is 18.2 Å². The van der Waals surface area contributed by atoms with Gasteiger partial charge in [-0.2, -0.15) is 0 Å². The van der Waals surface area contributed by atoms with Gasteiger partial charge in [0.2, 0.25) is 0 Å². The number of benzene rings is 4. The zero-order chi connectivity index (χ0) is 28.4. The average molecular weight is 640 g/mol. The Morgan fingerprint density at radius 2 is 1.00 bits per heavy atom. The Bertz CT molecular complexity index is 1400. The van der Waals surface area contributed by atoms with Gasteiger partial charge in [-0.1, -0.05) is 24.3 Å². The minimum absolute atomic E-state index is 0.0658. The summed E-state index contributed by atoms with van der Waals surface area (Å²) in [7, 11) is -1.76. The largest absolute Gasteiger partial charge is 0.488 e. The van der Waals surface area contributed by atoms with Crippen LogP contribution in [0.15, 0.2) is 84.9 Å². The van der Waals surface area contributed by atoms with Crippen LogP contribution in [0.4, 0.5) is 17.6 Å². The molecule has 4 aromatic rings. The molecular formula is C26H18BF4IO6. The van der Waals surface area contributed by atoms with Crippen molar-refractivity contribution in [2.75, 3.05) is 0 Å². The highest BCUT2D eigenvalue weighted by atomic mass is 127. The van der Waals surface area contributed by atoms with E-state index < -0.39 is 42.3 Å². The first-order valence-corrected chi connectivity index (χ1v) is 11.6. The molecule has 4 N–H and O–H groups in total. The lowest BCUT2D eigenvalue weighted by Gasteiger charge is -2.03. The van der Waals surface area contributed by atoms with Crippen molar-refractivity contribution in [3.05, 3.63) is 123 Å². The second-order valence-corrected chi connectivity index (χ2v) is 8.62. The normalized spacial score (nSPS) is 9.87. The zero-order valence-corrected chi connectivity index (χ0v) is 21.3. The first kappa shape index (κ1) is 30.5. The van der Waals surface area contributed by atoms with Crippen molar-refractivity contribution in [2.24, 2.45) is 0 Å². The molecule has 196 valence electrons. The average Bonchev–Trinajstić information content (AvgIpc) is 2.88. The third-order valence-corrected chi connectivity index (χ3v) is 5.44. The number of rotatable bonds is 4. The van der Waals surface area contributed by atoms with Crippen molar-refractivity contribution in [3.63, 3.8) is 0 Å². The van der Waals surface area contributed by atoms with Crippen LogP contribution < -0.4 is 5.46 Å². The summed E-state index contributed by atoms with van der Waals surface area (Å²) in [5.74, 6) is -5.83. The molecule has 0 aliphatic carbocycles. The molecule has 12 heteroatoms. The molecule has 0 aromatic heterocycles. The summed E-state index contributed by atoms with van der Waals surface area (Å²) in [5, 5.41) is 34.2. The van der Waals surface area contributed by atoms with Gasteiger partial charge in [0.15, 0.2) is 23.3 Å². The van der Waals surface area contributed by atoms with Gasteiger partial charge in [-0.15, -0.1) is 0 Å². The van der Waals surface area contributed by atoms with Gasteiger partial charge in [0.05, 0.1) is 11.1 Å². The number of hydrogen-bond donors (Lipinski definition) is 4. The van der Waals surface area contributed by atoms with Crippen LogP contribution in [0.3, 0.4) is 0 Å². The highest BCUT2D eigenvalue weighted by Crippen LogP contribution is 2.22. The smallest absolute Gasteiger partial charge is 0.478 e. The Kier molecular flexibility index (Phi) is 11.4. The molecule has 0 fully saturated rings. The molecule has 0 aliphatic heterocycles. The van der Waals surface area contributed by atoms with Gasteiger partial charge in [0.25, 0.3) is 0 Å². The van der Waals surface area contributed by atoms with Crippen LogP contribution in [0.25, 0.3) is 11.1 Å². The molecule has 0 bridgehead atoms. The highest BCUT2D eigenvalue weighted by Gasteiger charge is 2.13. The molecule has 6 nitrogen and oxygen atoms in total. The number of halogens is 5. The SMILES string of the molecule is O=C(O)c1ccc(-c2ccc(F)c(F)c2)cc1.O=C(O)c1ccc(I)cc1.OB(O)c1ccc(F)c(F)c1. The Labute approximate surface area is 228 Å². The first-order chi connectivity index (χ1) is 17.9. The van der Waals surface area contributed by atoms with Gasteiger partial charge in [-0.05, 0) is 99.8 Å². The molecule has 0 atom stereocenters. The number of carboxylic acids is 2. The molecule has 0 radical (unpaired) electrons. The quantitative estimate of drug-likeness (QED) is 0.143. The fraction of sp³-hybridized carbons (Fsp3) is 0. The number of carboxylic acid groups (broad SMARTS) is 2. The topological polar surface area (TPSA) is 115 Å². The highest BCUT2D eigenvalue weighted by molar-refractivity contribution is 14.1. The molecule has 0 amide bonds. The number of aromatic carboxylic acids is 2. The van der Waals surface area contributed by atoms with Crippen LogP contribution in [0.1, 0.15) is 20.7 Å². The summed E-state index contributed by atoms with van der Waals surface area (Å²) in [4.78, 5) is 20.9. The maximum Gasteiger partial charge on any atom is 0.488 e. The molecule has 38 heavy (non-hydrogen) atoms. The van der Waals surface area contributed by atoms with Crippen molar-refractivity contribution in [2.45, 2.75) is 0 Å². The molecule has 0 saturated heterocycles. The standard InChI is InChI=1S/C13H8F2O2.C7H5IO2.C6H5BF2O2/c14-11-6-5-10(7-12(11)15)8-1-3-9(4-2-8)13(16)17;8-6-3-1-5(2-4-6)7(9)10;8-5-2-1-4(7(10)11)3-6(5)9/h1-7H,(H,16,17);1-4H,(H,9,10);1-3,10-11H. The summed E-state index contributed by atoms with van der Waals surface area (Å²) in [6.07, 6.45) is 0. The second kappa shape index (κ2) is 14.3. The molecule has 0 heterocycles. The van der Waals surface area contributed by atoms with E-state index in [9.17, 15) is 27.2 Å². The summed E-state index contributed by atoms with van der Waals surface area (Å²) >= 11 is 2.13. The molecule has 4 rings (SSSR count). The van der Waals surface area contributed by atoms with Crippen molar-refractivity contribution in [1.82, 2.24) is 0 Å². The van der Waals surface area contributed by atoms with E-state index in [2.05, 4.69) is 22.6 Å². The van der Waals surface area contributed by atoms with Gasteiger partial charge >= 0.3 is 19.1 Å². The molecule has 0 aliphatic rings. The zero-order valence-electron chi connectivity index (χ0n) is 19.2.